The molecule has 0 heterocycles. The zero-order valence-corrected chi connectivity index (χ0v) is 15.6. The number of nitrogens with one attached hydrogen (secondary N) is 1. The highest BCUT2D eigenvalue weighted by Crippen LogP contribution is 2.09. The Balaban J connectivity index is 2.63. The summed E-state index contributed by atoms with van der Waals surface area (Å²) in [6.45, 7) is 4.72. The van der Waals surface area contributed by atoms with Gasteiger partial charge in [0.1, 0.15) is 18.2 Å². The van der Waals surface area contributed by atoms with Crippen LogP contribution < -0.4 is 11.1 Å². The fraction of sp³-hybridized carbons (Fsp3) is 0.500. The topological polar surface area (TPSA) is 137 Å². The summed E-state index contributed by atoms with van der Waals surface area (Å²) in [5, 5.41) is 11.9. The summed E-state index contributed by atoms with van der Waals surface area (Å²) in [7, 11) is 0. The molecule has 27 heavy (non-hydrogen) atoms. The number of nitrogens with two attached hydrogens (primary N) is 1. The summed E-state index contributed by atoms with van der Waals surface area (Å²) in [5.41, 5.74) is 5.25. The van der Waals surface area contributed by atoms with Gasteiger partial charge in [-0.05, 0) is 26.3 Å². The molecule has 1 aromatic carbocycles. The average molecular weight is 382 g/mol. The third-order valence-electron chi connectivity index (χ3n) is 3.14. The molecule has 0 spiro atoms. The van der Waals surface area contributed by atoms with Gasteiger partial charge in [0, 0.05) is 13.0 Å². The van der Waals surface area contributed by atoms with Crippen LogP contribution in [0, 0.1) is 0 Å². The molecule has 4 N–H and O–H groups in total. The van der Waals surface area contributed by atoms with Crippen LogP contribution in [-0.4, -0.2) is 47.6 Å². The van der Waals surface area contributed by atoms with Gasteiger partial charge in [0.05, 0.1) is 6.10 Å². The minimum atomic E-state index is -1.33. The molecule has 9 heteroatoms. The lowest BCUT2D eigenvalue weighted by Crippen LogP contribution is -2.47. The molecule has 1 aromatic rings. The Kier molecular flexibility index (Phi) is 8.70. The van der Waals surface area contributed by atoms with E-state index in [0.717, 1.165) is 0 Å². The van der Waals surface area contributed by atoms with E-state index in [4.69, 9.17) is 15.2 Å². The van der Waals surface area contributed by atoms with Crippen molar-refractivity contribution < 1.29 is 33.7 Å². The summed E-state index contributed by atoms with van der Waals surface area (Å²) >= 11 is 0. The Hall–Kier alpha value is -2.65. The van der Waals surface area contributed by atoms with Crippen LogP contribution in [0.5, 0.6) is 0 Å². The standard InChI is InChI=1S/C18H26N2O7/c1-18(2,3)27-16(23)20-14(9-13(21)10-19)15(22)26-17(24)25-11-12-7-5-4-6-8-12/h4-8,13-14,21H,9-11,19H2,1-3H3,(H,20,23)/t13?,14-/m0/s1. The maximum atomic E-state index is 12.2. The highest BCUT2D eigenvalue weighted by Gasteiger charge is 2.29. The van der Waals surface area contributed by atoms with Crippen LogP contribution in [0.3, 0.4) is 0 Å². The lowest BCUT2D eigenvalue weighted by atomic mass is 10.1. The molecule has 1 amide bonds. The summed E-state index contributed by atoms with van der Waals surface area (Å²) in [5.74, 6) is -1.09. The van der Waals surface area contributed by atoms with Crippen molar-refractivity contribution >= 4 is 18.2 Å². The third kappa shape index (κ3) is 9.57. The molecule has 0 aliphatic carbocycles. The fourth-order valence-corrected chi connectivity index (χ4v) is 1.93. The van der Waals surface area contributed by atoms with Gasteiger partial charge < -0.3 is 30.4 Å². The first-order valence-corrected chi connectivity index (χ1v) is 8.40. The minimum absolute atomic E-state index is 0.0808. The van der Waals surface area contributed by atoms with Crippen molar-refractivity contribution in [3.05, 3.63) is 35.9 Å². The quantitative estimate of drug-likeness (QED) is 0.476. The molecule has 0 bridgehead atoms. The van der Waals surface area contributed by atoms with Gasteiger partial charge in [0.15, 0.2) is 0 Å². The molecular formula is C18H26N2O7. The molecule has 0 fully saturated rings. The summed E-state index contributed by atoms with van der Waals surface area (Å²) < 4.78 is 14.5. The number of amides is 1. The Morgan fingerprint density at radius 1 is 1.19 bits per heavy atom. The van der Waals surface area contributed by atoms with Crippen LogP contribution in [0.4, 0.5) is 9.59 Å². The van der Waals surface area contributed by atoms with Crippen LogP contribution in [0.15, 0.2) is 30.3 Å². The van der Waals surface area contributed by atoms with E-state index in [9.17, 15) is 19.5 Å². The number of hydrogen-bond donors (Lipinski definition) is 3. The summed E-state index contributed by atoms with van der Waals surface area (Å²) in [6.07, 6.45) is -3.45. The normalized spacial score (nSPS) is 13.2. The Labute approximate surface area is 157 Å². The molecule has 0 saturated carbocycles. The number of rotatable bonds is 7. The second kappa shape index (κ2) is 10.5. The Bertz CT molecular complexity index is 628. The minimum Gasteiger partial charge on any atom is -0.444 e. The monoisotopic (exact) mass is 382 g/mol. The number of esters is 1. The van der Waals surface area contributed by atoms with E-state index >= 15 is 0 Å². The predicted octanol–water partition coefficient (Wildman–Crippen LogP) is 1.47. The van der Waals surface area contributed by atoms with Crippen LogP contribution in [0.2, 0.25) is 0 Å². The zero-order valence-electron chi connectivity index (χ0n) is 15.6. The number of hydrogen-bond acceptors (Lipinski definition) is 8. The fourth-order valence-electron chi connectivity index (χ4n) is 1.93. The molecule has 0 aromatic heterocycles. The van der Waals surface area contributed by atoms with E-state index in [2.05, 4.69) is 10.1 Å². The smallest absolute Gasteiger partial charge is 0.444 e. The molecule has 150 valence electrons. The third-order valence-corrected chi connectivity index (χ3v) is 3.14. The van der Waals surface area contributed by atoms with Crippen molar-refractivity contribution in [2.45, 2.75) is 51.5 Å². The van der Waals surface area contributed by atoms with Gasteiger partial charge >= 0.3 is 18.2 Å². The summed E-state index contributed by atoms with van der Waals surface area (Å²) in [6, 6.07) is 7.48. The van der Waals surface area contributed by atoms with Crippen molar-refractivity contribution in [1.29, 1.82) is 0 Å². The van der Waals surface area contributed by atoms with Gasteiger partial charge in [-0.3, -0.25) is 0 Å². The number of alkyl carbamates (subject to hydrolysis) is 1. The first-order chi connectivity index (χ1) is 12.6. The average Bonchev–Trinajstić information content (AvgIpc) is 2.58. The number of carbonyl (C=O) groups is 3. The van der Waals surface area contributed by atoms with E-state index in [1.54, 1.807) is 51.1 Å². The highest BCUT2D eigenvalue weighted by molar-refractivity contribution is 5.88. The lowest BCUT2D eigenvalue weighted by molar-refractivity contribution is -0.143. The van der Waals surface area contributed by atoms with Crippen molar-refractivity contribution in [2.24, 2.45) is 5.73 Å². The van der Waals surface area contributed by atoms with E-state index in [1.807, 2.05) is 0 Å². The van der Waals surface area contributed by atoms with Crippen LogP contribution >= 0.6 is 0 Å². The molecule has 2 atom stereocenters. The zero-order chi connectivity index (χ0) is 20.4. The van der Waals surface area contributed by atoms with Crippen LogP contribution in [-0.2, 0) is 25.6 Å². The van der Waals surface area contributed by atoms with E-state index < -0.39 is 36.0 Å². The largest absolute Gasteiger partial charge is 0.516 e. The number of ether oxygens (including phenoxy) is 3. The van der Waals surface area contributed by atoms with Crippen LogP contribution in [0.1, 0.15) is 32.8 Å². The highest BCUT2D eigenvalue weighted by atomic mass is 16.7. The molecule has 0 aliphatic heterocycles. The van der Waals surface area contributed by atoms with Crippen molar-refractivity contribution in [3.8, 4) is 0 Å². The number of benzene rings is 1. The molecule has 0 aliphatic rings. The van der Waals surface area contributed by atoms with Gasteiger partial charge in [0.2, 0.25) is 0 Å². The predicted molar refractivity (Wildman–Crippen MR) is 95.6 cm³/mol. The van der Waals surface area contributed by atoms with Crippen LogP contribution in [0.25, 0.3) is 0 Å². The van der Waals surface area contributed by atoms with Gasteiger partial charge in [-0.25, -0.2) is 14.4 Å². The van der Waals surface area contributed by atoms with Gasteiger partial charge in [-0.1, -0.05) is 30.3 Å². The van der Waals surface area contributed by atoms with Gasteiger partial charge in [-0.15, -0.1) is 0 Å². The number of aliphatic hydroxyl groups is 1. The maximum Gasteiger partial charge on any atom is 0.516 e. The molecular weight excluding hydrogens is 356 g/mol. The van der Waals surface area contributed by atoms with Crippen molar-refractivity contribution in [2.75, 3.05) is 6.54 Å². The van der Waals surface area contributed by atoms with E-state index in [0.29, 0.717) is 5.56 Å². The molecule has 0 radical (unpaired) electrons. The second-order valence-corrected chi connectivity index (χ2v) is 6.77. The van der Waals surface area contributed by atoms with Gasteiger partial charge in [0.25, 0.3) is 0 Å². The first-order valence-electron chi connectivity index (χ1n) is 8.40. The molecule has 1 rings (SSSR count). The first kappa shape index (κ1) is 22.4. The maximum absolute atomic E-state index is 12.2. The summed E-state index contributed by atoms with van der Waals surface area (Å²) in [4.78, 5) is 35.7. The SMILES string of the molecule is CC(C)(C)OC(=O)N[C@@H](CC(O)CN)C(=O)OC(=O)OCc1ccccc1. The number of carbonyl (C=O) groups excluding carboxylic acids is 3. The Morgan fingerprint density at radius 2 is 1.81 bits per heavy atom. The Morgan fingerprint density at radius 3 is 2.37 bits per heavy atom. The van der Waals surface area contributed by atoms with Crippen molar-refractivity contribution in [1.82, 2.24) is 5.32 Å². The van der Waals surface area contributed by atoms with Gasteiger partial charge in [-0.2, -0.15) is 0 Å². The molecule has 1 unspecified atom stereocenters. The lowest BCUT2D eigenvalue weighted by Gasteiger charge is -2.23. The molecule has 0 saturated heterocycles. The second-order valence-electron chi connectivity index (χ2n) is 6.77. The van der Waals surface area contributed by atoms with E-state index in [1.165, 1.54) is 0 Å². The van der Waals surface area contributed by atoms with Crippen molar-refractivity contribution in [3.63, 3.8) is 0 Å². The number of aliphatic hydroxyl groups excluding tert-OH is 1. The molecule has 9 nitrogen and oxygen atoms in total. The van der Waals surface area contributed by atoms with E-state index in [-0.39, 0.29) is 19.6 Å².